The van der Waals surface area contributed by atoms with Crippen LogP contribution in [0.2, 0.25) is 0 Å². The molecule has 2 N–H and O–H groups in total. The average Bonchev–Trinajstić information content (AvgIpc) is 3.10. The molecule has 3 heterocycles. The van der Waals surface area contributed by atoms with Gasteiger partial charge in [0.1, 0.15) is 0 Å². The molecule has 0 atom stereocenters. The highest BCUT2D eigenvalue weighted by molar-refractivity contribution is 5.93. The lowest BCUT2D eigenvalue weighted by atomic mass is 10.1. The van der Waals surface area contributed by atoms with Crippen LogP contribution < -0.4 is 9.72 Å². The van der Waals surface area contributed by atoms with Crippen molar-refractivity contribution in [2.45, 2.75) is 20.8 Å². The van der Waals surface area contributed by atoms with Gasteiger partial charge in [0.25, 0.3) is 5.82 Å². The Labute approximate surface area is 169 Å². The van der Waals surface area contributed by atoms with Crippen LogP contribution in [0.5, 0.6) is 0 Å². The highest BCUT2D eigenvalue weighted by Gasteiger charge is 2.23. The van der Waals surface area contributed by atoms with Crippen LogP contribution >= 0.6 is 0 Å². The van der Waals surface area contributed by atoms with E-state index in [1.54, 1.807) is 12.4 Å². The number of anilines is 2. The Morgan fingerprint density at radius 1 is 0.862 bits per heavy atom. The van der Waals surface area contributed by atoms with Gasteiger partial charge in [-0.15, -0.1) is 0 Å². The van der Waals surface area contributed by atoms with Crippen LogP contribution in [0, 0.1) is 20.8 Å². The molecule has 0 saturated carbocycles. The molecule has 0 spiro atoms. The number of H-pyrrole nitrogens is 1. The van der Waals surface area contributed by atoms with Crippen LogP contribution in [0.15, 0.2) is 67.1 Å². The Bertz CT molecular complexity index is 1360. The topological polar surface area (TPSA) is 57.7 Å². The van der Waals surface area contributed by atoms with E-state index in [0.29, 0.717) is 0 Å². The third-order valence-corrected chi connectivity index (χ3v) is 5.45. The monoisotopic (exact) mass is 380 g/mol. The Morgan fingerprint density at radius 3 is 2.59 bits per heavy atom. The summed E-state index contributed by atoms with van der Waals surface area (Å²) < 4.78 is 2.16. The SMILES string of the molecule is Cc1ccc(Nc2c(-c3cccc4nccnc34)[nH]c3c(C)ccc[n+]23)cc1C. The van der Waals surface area contributed by atoms with Gasteiger partial charge in [-0.3, -0.25) is 20.3 Å². The van der Waals surface area contributed by atoms with Crippen molar-refractivity contribution in [2.75, 3.05) is 5.32 Å². The van der Waals surface area contributed by atoms with Crippen LogP contribution in [-0.2, 0) is 0 Å². The second kappa shape index (κ2) is 6.71. The molecule has 2 aromatic carbocycles. The van der Waals surface area contributed by atoms with Crippen molar-refractivity contribution in [2.24, 2.45) is 0 Å². The van der Waals surface area contributed by atoms with Crippen molar-refractivity contribution in [1.82, 2.24) is 15.0 Å². The summed E-state index contributed by atoms with van der Waals surface area (Å²) in [6.07, 6.45) is 5.54. The summed E-state index contributed by atoms with van der Waals surface area (Å²) in [7, 11) is 0. The van der Waals surface area contributed by atoms with Gasteiger partial charge in [-0.05, 0) is 68.3 Å². The molecule has 0 aliphatic heterocycles. The minimum Gasteiger partial charge on any atom is -0.270 e. The first-order chi connectivity index (χ1) is 14.1. The molecule has 0 bridgehead atoms. The molecule has 5 heteroatoms. The Balaban J connectivity index is 1.78. The Kier molecular flexibility index (Phi) is 4.02. The van der Waals surface area contributed by atoms with Crippen LogP contribution in [0.3, 0.4) is 0 Å². The van der Waals surface area contributed by atoms with Gasteiger partial charge in [0.15, 0.2) is 5.69 Å². The third kappa shape index (κ3) is 2.91. The molecule has 0 amide bonds. The molecule has 0 radical (unpaired) electrons. The second-order valence-electron chi connectivity index (χ2n) is 7.41. The van der Waals surface area contributed by atoms with E-state index in [1.165, 1.54) is 16.7 Å². The number of imidazole rings is 1. The van der Waals surface area contributed by atoms with E-state index >= 15 is 0 Å². The van der Waals surface area contributed by atoms with E-state index in [1.807, 2.05) is 12.1 Å². The third-order valence-electron chi connectivity index (χ3n) is 5.45. The van der Waals surface area contributed by atoms with Crippen LogP contribution in [0.1, 0.15) is 16.7 Å². The number of aromatic amines is 1. The summed E-state index contributed by atoms with van der Waals surface area (Å²) in [5, 5.41) is 3.64. The maximum absolute atomic E-state index is 4.60. The van der Waals surface area contributed by atoms with E-state index in [0.717, 1.165) is 39.4 Å². The number of aromatic nitrogens is 4. The summed E-state index contributed by atoms with van der Waals surface area (Å²) in [4.78, 5) is 12.7. The van der Waals surface area contributed by atoms with Crippen molar-refractivity contribution in [3.63, 3.8) is 0 Å². The number of benzene rings is 2. The molecule has 0 saturated heterocycles. The molecule has 0 aliphatic carbocycles. The second-order valence-corrected chi connectivity index (χ2v) is 7.41. The predicted octanol–water partition coefficient (Wildman–Crippen LogP) is 5.03. The quantitative estimate of drug-likeness (QED) is 0.432. The van der Waals surface area contributed by atoms with E-state index in [4.69, 9.17) is 0 Å². The van der Waals surface area contributed by atoms with Crippen LogP contribution in [0.25, 0.3) is 27.9 Å². The van der Waals surface area contributed by atoms with Crippen molar-refractivity contribution in [3.8, 4) is 11.3 Å². The number of hydrogen-bond donors (Lipinski definition) is 2. The number of nitrogens with one attached hydrogen (secondary N) is 2. The zero-order valence-corrected chi connectivity index (χ0v) is 16.7. The number of pyridine rings is 1. The minimum absolute atomic E-state index is 0.877. The highest BCUT2D eigenvalue weighted by Crippen LogP contribution is 2.32. The molecule has 0 fully saturated rings. The van der Waals surface area contributed by atoms with Gasteiger partial charge in [0, 0.05) is 23.5 Å². The predicted molar refractivity (Wildman–Crippen MR) is 116 cm³/mol. The first-order valence-electron chi connectivity index (χ1n) is 9.69. The fourth-order valence-electron chi connectivity index (χ4n) is 3.73. The van der Waals surface area contributed by atoms with Gasteiger partial charge in [0.2, 0.25) is 5.65 Å². The van der Waals surface area contributed by atoms with E-state index < -0.39 is 0 Å². The zero-order chi connectivity index (χ0) is 20.0. The summed E-state index contributed by atoms with van der Waals surface area (Å²) in [5.41, 5.74) is 9.58. The first kappa shape index (κ1) is 17.4. The maximum Gasteiger partial charge on any atom is 0.271 e. The van der Waals surface area contributed by atoms with Gasteiger partial charge < -0.3 is 0 Å². The lowest BCUT2D eigenvalue weighted by molar-refractivity contribution is -0.494. The van der Waals surface area contributed by atoms with Gasteiger partial charge in [-0.25, -0.2) is 4.40 Å². The maximum atomic E-state index is 4.60. The van der Waals surface area contributed by atoms with Gasteiger partial charge >= 0.3 is 0 Å². The van der Waals surface area contributed by atoms with E-state index in [-0.39, 0.29) is 0 Å². The molecule has 0 aliphatic rings. The molecule has 3 aromatic heterocycles. The van der Waals surface area contributed by atoms with Gasteiger partial charge in [-0.1, -0.05) is 12.1 Å². The smallest absolute Gasteiger partial charge is 0.270 e. The molecule has 0 unspecified atom stereocenters. The average molecular weight is 380 g/mol. The van der Waals surface area contributed by atoms with Gasteiger partial charge in [-0.2, -0.15) is 0 Å². The van der Waals surface area contributed by atoms with Crippen molar-refractivity contribution >= 4 is 28.2 Å². The minimum atomic E-state index is 0.877. The lowest BCUT2D eigenvalue weighted by Gasteiger charge is -2.07. The van der Waals surface area contributed by atoms with Crippen molar-refractivity contribution < 1.29 is 4.40 Å². The molecular formula is C24H22N5+. The van der Waals surface area contributed by atoms with Crippen LogP contribution in [0.4, 0.5) is 11.5 Å². The summed E-state index contributed by atoms with van der Waals surface area (Å²) in [5.74, 6) is 0.977. The van der Waals surface area contributed by atoms with Crippen LogP contribution in [-0.4, -0.2) is 15.0 Å². The normalized spacial score (nSPS) is 11.3. The molecular weight excluding hydrogens is 358 g/mol. The van der Waals surface area contributed by atoms with Crippen molar-refractivity contribution in [3.05, 3.63) is 83.8 Å². The summed E-state index contributed by atoms with van der Waals surface area (Å²) in [6, 6.07) is 16.7. The number of hydrogen-bond acceptors (Lipinski definition) is 3. The standard InChI is InChI=1S/C24H21N5/c1-15-9-10-18(14-17(15)3)27-24-22(28-23-16(2)6-5-13-29(23)24)19-7-4-8-20-21(19)26-12-11-25-20/h4-14H,1-3H3,(H,25,27)/p+1. The molecule has 29 heavy (non-hydrogen) atoms. The van der Waals surface area contributed by atoms with Crippen molar-refractivity contribution in [1.29, 1.82) is 0 Å². The zero-order valence-electron chi connectivity index (χ0n) is 16.7. The molecule has 142 valence electrons. The van der Waals surface area contributed by atoms with E-state index in [9.17, 15) is 0 Å². The fourth-order valence-corrected chi connectivity index (χ4v) is 3.73. The first-order valence-corrected chi connectivity index (χ1v) is 9.69. The lowest BCUT2D eigenvalue weighted by Crippen LogP contribution is -2.23. The largest absolute Gasteiger partial charge is 0.271 e. The summed E-state index contributed by atoms with van der Waals surface area (Å²) >= 11 is 0. The van der Waals surface area contributed by atoms with Gasteiger partial charge in [0.05, 0.1) is 22.9 Å². The van der Waals surface area contributed by atoms with E-state index in [2.05, 4.69) is 88.0 Å². The molecule has 5 rings (SSSR count). The molecule has 5 nitrogen and oxygen atoms in total. The number of para-hydroxylation sites is 1. The highest BCUT2D eigenvalue weighted by atomic mass is 15.1. The summed E-state index contributed by atoms with van der Waals surface area (Å²) in [6.45, 7) is 6.37. The number of nitrogens with zero attached hydrogens (tertiary/aromatic N) is 3. The number of rotatable bonds is 3. The fraction of sp³-hybridized carbons (Fsp3) is 0.125. The molecule has 5 aromatic rings. The Hall–Kier alpha value is -3.73. The number of aryl methyl sites for hydroxylation is 3. The number of fused-ring (bicyclic) bond motifs is 2. The Morgan fingerprint density at radius 2 is 1.72 bits per heavy atom.